The molecule has 0 spiro atoms. The maximum absolute atomic E-state index is 11.8. The fourth-order valence-electron chi connectivity index (χ4n) is 1.88. The number of anilines is 1. The van der Waals surface area contributed by atoms with Crippen molar-refractivity contribution in [3.63, 3.8) is 0 Å². The molecule has 0 unspecified atom stereocenters. The molecule has 0 aliphatic carbocycles. The summed E-state index contributed by atoms with van der Waals surface area (Å²) in [5.41, 5.74) is 1.86. The van der Waals surface area contributed by atoms with Crippen LogP contribution in [0, 0.1) is 0 Å². The number of nitrogens with one attached hydrogen (secondary N) is 3. The van der Waals surface area contributed by atoms with E-state index in [1.165, 1.54) is 6.08 Å². The van der Waals surface area contributed by atoms with Gasteiger partial charge in [0.2, 0.25) is 11.8 Å². The summed E-state index contributed by atoms with van der Waals surface area (Å²) in [5.74, 6) is -0.504. The van der Waals surface area contributed by atoms with Gasteiger partial charge in [-0.15, -0.1) is 0 Å². The Morgan fingerprint density at radius 2 is 1.65 bits per heavy atom. The molecule has 0 aliphatic rings. The third kappa shape index (κ3) is 9.46. The number of benzene rings is 1. The lowest BCUT2D eigenvalue weighted by Gasteiger charge is -2.19. The van der Waals surface area contributed by atoms with E-state index >= 15 is 0 Å². The van der Waals surface area contributed by atoms with Crippen LogP contribution in [0.3, 0.4) is 0 Å². The van der Waals surface area contributed by atoms with Crippen molar-refractivity contribution in [2.75, 3.05) is 11.9 Å². The monoisotopic (exact) mass is 361 g/mol. The second-order valence-corrected chi connectivity index (χ2v) is 7.04. The zero-order valence-corrected chi connectivity index (χ0v) is 15.9. The van der Waals surface area contributed by atoms with Gasteiger partial charge in [-0.25, -0.2) is 4.79 Å². The third-order valence-electron chi connectivity index (χ3n) is 2.92. The molecule has 7 nitrogen and oxygen atoms in total. The third-order valence-corrected chi connectivity index (χ3v) is 2.92. The molecule has 1 rings (SSSR count). The van der Waals surface area contributed by atoms with Gasteiger partial charge in [0.05, 0.1) is 0 Å². The first-order valence-corrected chi connectivity index (χ1v) is 8.33. The van der Waals surface area contributed by atoms with Crippen molar-refractivity contribution in [2.24, 2.45) is 0 Å². The number of allylic oxidation sites excluding steroid dienone is 1. The van der Waals surface area contributed by atoms with Crippen molar-refractivity contribution in [1.82, 2.24) is 10.6 Å². The van der Waals surface area contributed by atoms with Gasteiger partial charge < -0.3 is 20.7 Å². The van der Waals surface area contributed by atoms with Crippen LogP contribution in [0.5, 0.6) is 0 Å². The van der Waals surface area contributed by atoms with Gasteiger partial charge in [0.15, 0.2) is 0 Å². The van der Waals surface area contributed by atoms with Gasteiger partial charge in [-0.05, 0) is 52.3 Å². The molecule has 142 valence electrons. The van der Waals surface area contributed by atoms with E-state index in [2.05, 4.69) is 16.0 Å². The summed E-state index contributed by atoms with van der Waals surface area (Å²) < 4.78 is 5.05. The van der Waals surface area contributed by atoms with E-state index in [9.17, 15) is 14.4 Å². The average Bonchev–Trinajstić information content (AvgIpc) is 2.49. The quantitative estimate of drug-likeness (QED) is 0.679. The largest absolute Gasteiger partial charge is 0.444 e. The van der Waals surface area contributed by atoms with E-state index in [1.54, 1.807) is 45.0 Å². The van der Waals surface area contributed by atoms with Crippen molar-refractivity contribution in [3.8, 4) is 0 Å². The van der Waals surface area contributed by atoms with Crippen LogP contribution in [-0.2, 0) is 20.9 Å². The Morgan fingerprint density at radius 1 is 1.04 bits per heavy atom. The van der Waals surface area contributed by atoms with Gasteiger partial charge in [-0.3, -0.25) is 9.59 Å². The van der Waals surface area contributed by atoms with Gasteiger partial charge in [0, 0.05) is 18.3 Å². The summed E-state index contributed by atoms with van der Waals surface area (Å²) >= 11 is 0. The normalized spacial score (nSPS) is 10.5. The molecule has 0 heterocycles. The molecule has 0 atom stereocenters. The molecule has 0 bridgehead atoms. The number of carbonyl (C=O) groups excluding carboxylic acids is 3. The Bertz CT molecular complexity index is 669. The molecule has 0 aromatic heterocycles. The SMILES string of the molecule is CC(C)=CC(=O)Nc1ccc(CNC(=O)CNC(=O)OC(C)(C)C)cc1. The van der Waals surface area contributed by atoms with Crippen LogP contribution in [-0.4, -0.2) is 30.1 Å². The summed E-state index contributed by atoms with van der Waals surface area (Å²) in [6.07, 6.45) is 0.885. The fraction of sp³-hybridized carbons (Fsp3) is 0.421. The minimum atomic E-state index is -0.635. The maximum atomic E-state index is 11.8. The van der Waals surface area contributed by atoms with Gasteiger partial charge in [0.1, 0.15) is 12.1 Å². The van der Waals surface area contributed by atoms with Crippen LogP contribution < -0.4 is 16.0 Å². The van der Waals surface area contributed by atoms with Gasteiger partial charge in [-0.2, -0.15) is 0 Å². The molecule has 0 saturated heterocycles. The summed E-state index contributed by atoms with van der Waals surface area (Å²) in [6, 6.07) is 7.13. The lowest BCUT2D eigenvalue weighted by molar-refractivity contribution is -0.120. The first kappa shape index (κ1) is 21.2. The smallest absolute Gasteiger partial charge is 0.408 e. The molecule has 3 amide bonds. The van der Waals surface area contributed by atoms with Crippen molar-refractivity contribution in [2.45, 2.75) is 46.8 Å². The Kier molecular flexibility index (Phi) is 7.83. The highest BCUT2D eigenvalue weighted by atomic mass is 16.6. The van der Waals surface area contributed by atoms with Crippen molar-refractivity contribution in [3.05, 3.63) is 41.5 Å². The molecular formula is C19H27N3O4. The van der Waals surface area contributed by atoms with Crippen LogP contribution in [0.15, 0.2) is 35.9 Å². The second kappa shape index (κ2) is 9.60. The number of carbonyl (C=O) groups is 3. The molecule has 26 heavy (non-hydrogen) atoms. The lowest BCUT2D eigenvalue weighted by Crippen LogP contribution is -2.39. The summed E-state index contributed by atoms with van der Waals surface area (Å²) in [6.45, 7) is 9.10. The van der Waals surface area contributed by atoms with E-state index < -0.39 is 11.7 Å². The molecule has 0 radical (unpaired) electrons. The minimum Gasteiger partial charge on any atom is -0.444 e. The molecule has 0 saturated carbocycles. The van der Waals surface area contributed by atoms with E-state index in [-0.39, 0.29) is 18.4 Å². The van der Waals surface area contributed by atoms with Crippen LogP contribution in [0.2, 0.25) is 0 Å². The van der Waals surface area contributed by atoms with Crippen LogP contribution in [0.25, 0.3) is 0 Å². The number of amides is 3. The zero-order chi connectivity index (χ0) is 19.7. The van der Waals surface area contributed by atoms with Gasteiger partial charge in [0.25, 0.3) is 0 Å². The summed E-state index contributed by atoms with van der Waals surface area (Å²) in [5, 5.41) is 7.85. The number of hydrogen-bond acceptors (Lipinski definition) is 4. The van der Waals surface area contributed by atoms with Crippen molar-refractivity contribution in [1.29, 1.82) is 0 Å². The molecule has 0 fully saturated rings. The Labute approximate surface area is 154 Å². The Balaban J connectivity index is 2.39. The predicted molar refractivity (Wildman–Crippen MR) is 101 cm³/mol. The van der Waals surface area contributed by atoms with Crippen LogP contribution in [0.1, 0.15) is 40.2 Å². The van der Waals surface area contributed by atoms with Crippen molar-refractivity contribution < 1.29 is 19.1 Å². The van der Waals surface area contributed by atoms with Crippen LogP contribution >= 0.6 is 0 Å². The fourth-order valence-corrected chi connectivity index (χ4v) is 1.88. The van der Waals surface area contributed by atoms with Gasteiger partial charge in [-0.1, -0.05) is 17.7 Å². The topological polar surface area (TPSA) is 96.5 Å². The first-order valence-electron chi connectivity index (χ1n) is 8.33. The number of ether oxygens (including phenoxy) is 1. The summed E-state index contributed by atoms with van der Waals surface area (Å²) in [4.78, 5) is 34.9. The lowest BCUT2D eigenvalue weighted by atomic mass is 10.2. The molecule has 1 aromatic carbocycles. The first-order chi connectivity index (χ1) is 12.0. The Morgan fingerprint density at radius 3 is 2.19 bits per heavy atom. The Hall–Kier alpha value is -2.83. The highest BCUT2D eigenvalue weighted by Crippen LogP contribution is 2.10. The minimum absolute atomic E-state index is 0.161. The molecule has 3 N–H and O–H groups in total. The number of alkyl carbamates (subject to hydrolysis) is 1. The van der Waals surface area contributed by atoms with Crippen LogP contribution in [0.4, 0.5) is 10.5 Å². The molecule has 0 aliphatic heterocycles. The molecule has 7 heteroatoms. The average molecular weight is 361 g/mol. The van der Waals surface area contributed by atoms with Crippen molar-refractivity contribution >= 4 is 23.6 Å². The number of rotatable bonds is 6. The van der Waals surface area contributed by atoms with E-state index in [0.29, 0.717) is 12.2 Å². The summed E-state index contributed by atoms with van der Waals surface area (Å²) in [7, 11) is 0. The highest BCUT2D eigenvalue weighted by molar-refractivity contribution is 5.99. The van der Waals surface area contributed by atoms with E-state index in [1.807, 2.05) is 13.8 Å². The predicted octanol–water partition coefficient (Wildman–Crippen LogP) is 2.73. The highest BCUT2D eigenvalue weighted by Gasteiger charge is 2.16. The van der Waals surface area contributed by atoms with Gasteiger partial charge >= 0.3 is 6.09 Å². The van der Waals surface area contributed by atoms with E-state index in [0.717, 1.165) is 11.1 Å². The molecule has 1 aromatic rings. The zero-order valence-electron chi connectivity index (χ0n) is 15.9. The van der Waals surface area contributed by atoms with E-state index in [4.69, 9.17) is 4.74 Å². The second-order valence-electron chi connectivity index (χ2n) is 7.04. The molecular weight excluding hydrogens is 334 g/mol. The number of hydrogen-bond donors (Lipinski definition) is 3. The standard InChI is InChI=1S/C19H27N3O4/c1-13(2)10-16(23)22-15-8-6-14(7-9-15)11-20-17(24)12-21-18(25)26-19(3,4)5/h6-10H,11-12H2,1-5H3,(H,20,24)(H,21,25)(H,22,23). The maximum Gasteiger partial charge on any atom is 0.408 e.